The van der Waals surface area contributed by atoms with Crippen molar-refractivity contribution in [1.29, 1.82) is 0 Å². The summed E-state index contributed by atoms with van der Waals surface area (Å²) in [5.41, 5.74) is 0.939. The summed E-state index contributed by atoms with van der Waals surface area (Å²) in [7, 11) is 0. The van der Waals surface area contributed by atoms with E-state index in [0.29, 0.717) is 5.92 Å². The van der Waals surface area contributed by atoms with E-state index in [2.05, 4.69) is 13.8 Å². The average molecular weight is 182 g/mol. The van der Waals surface area contributed by atoms with Crippen LogP contribution >= 0.6 is 0 Å². The highest BCUT2D eigenvalue weighted by Gasteiger charge is 2.20. The highest BCUT2D eigenvalue weighted by Crippen LogP contribution is 2.29. The zero-order valence-corrected chi connectivity index (χ0v) is 8.58. The number of furan rings is 1. The van der Waals surface area contributed by atoms with E-state index in [-0.39, 0.29) is 6.10 Å². The fourth-order valence-corrected chi connectivity index (χ4v) is 1.69. The minimum Gasteiger partial charge on any atom is -0.469 e. The van der Waals surface area contributed by atoms with Gasteiger partial charge in [0.15, 0.2) is 0 Å². The van der Waals surface area contributed by atoms with E-state index in [9.17, 15) is 5.11 Å². The van der Waals surface area contributed by atoms with Crippen molar-refractivity contribution in [2.45, 2.75) is 39.7 Å². The molecule has 0 fully saturated rings. The van der Waals surface area contributed by atoms with E-state index in [0.717, 1.165) is 24.2 Å². The monoisotopic (exact) mass is 182 g/mol. The van der Waals surface area contributed by atoms with E-state index in [4.69, 9.17) is 4.42 Å². The Kier molecular flexibility index (Phi) is 3.55. The molecule has 1 atom stereocenters. The zero-order valence-electron chi connectivity index (χ0n) is 8.58. The molecule has 0 saturated heterocycles. The standard InChI is InChI=1S/C11H18O2/c1-4-9(5-2)11(12)10-6-7-13-8(10)3/h6-7,9,11-12H,4-5H2,1-3H3. The van der Waals surface area contributed by atoms with Gasteiger partial charge in [-0.25, -0.2) is 0 Å². The van der Waals surface area contributed by atoms with E-state index < -0.39 is 0 Å². The molecule has 1 N–H and O–H groups in total. The molecule has 1 rings (SSSR count). The number of rotatable bonds is 4. The minimum atomic E-state index is -0.367. The molecule has 74 valence electrons. The van der Waals surface area contributed by atoms with Gasteiger partial charge in [0.05, 0.1) is 12.4 Å². The van der Waals surface area contributed by atoms with Gasteiger partial charge in [0.2, 0.25) is 0 Å². The van der Waals surface area contributed by atoms with Gasteiger partial charge >= 0.3 is 0 Å². The second kappa shape index (κ2) is 4.47. The lowest BCUT2D eigenvalue weighted by Crippen LogP contribution is -2.10. The Bertz CT molecular complexity index is 248. The van der Waals surface area contributed by atoms with E-state index in [1.54, 1.807) is 6.26 Å². The van der Waals surface area contributed by atoms with Gasteiger partial charge in [0.25, 0.3) is 0 Å². The second-order valence-electron chi connectivity index (χ2n) is 3.45. The normalized spacial score (nSPS) is 13.6. The van der Waals surface area contributed by atoms with Crippen molar-refractivity contribution in [3.8, 4) is 0 Å². The smallest absolute Gasteiger partial charge is 0.106 e. The van der Waals surface area contributed by atoms with Crippen LogP contribution in [0.15, 0.2) is 16.7 Å². The lowest BCUT2D eigenvalue weighted by molar-refractivity contribution is 0.102. The Hall–Kier alpha value is -0.760. The summed E-state index contributed by atoms with van der Waals surface area (Å²) in [6.07, 6.45) is 3.27. The summed E-state index contributed by atoms with van der Waals surface area (Å²) in [4.78, 5) is 0. The minimum absolute atomic E-state index is 0.344. The lowest BCUT2D eigenvalue weighted by Gasteiger charge is -2.19. The van der Waals surface area contributed by atoms with Crippen LogP contribution in [0.5, 0.6) is 0 Å². The van der Waals surface area contributed by atoms with Crippen LogP contribution in [-0.2, 0) is 0 Å². The Morgan fingerprint density at radius 1 is 1.38 bits per heavy atom. The maximum absolute atomic E-state index is 9.99. The highest BCUT2D eigenvalue weighted by molar-refractivity contribution is 5.19. The number of aliphatic hydroxyl groups is 1. The molecule has 0 aliphatic carbocycles. The molecule has 1 aromatic rings. The number of hydrogen-bond donors (Lipinski definition) is 1. The maximum Gasteiger partial charge on any atom is 0.106 e. The van der Waals surface area contributed by atoms with Gasteiger partial charge in [-0.15, -0.1) is 0 Å². The zero-order chi connectivity index (χ0) is 9.84. The Morgan fingerprint density at radius 3 is 2.38 bits per heavy atom. The van der Waals surface area contributed by atoms with Gasteiger partial charge in [0, 0.05) is 5.56 Å². The third-order valence-corrected chi connectivity index (χ3v) is 2.71. The third kappa shape index (κ3) is 2.13. The summed E-state index contributed by atoms with van der Waals surface area (Å²) < 4.78 is 5.16. The molecule has 0 aliphatic rings. The first-order chi connectivity index (χ1) is 6.20. The molecular weight excluding hydrogens is 164 g/mol. The van der Waals surface area contributed by atoms with E-state index >= 15 is 0 Å². The predicted octanol–water partition coefficient (Wildman–Crippen LogP) is 3.06. The predicted molar refractivity (Wildman–Crippen MR) is 52.5 cm³/mol. The van der Waals surface area contributed by atoms with Crippen LogP contribution in [0.1, 0.15) is 44.1 Å². The van der Waals surface area contributed by atoms with Crippen LogP contribution in [0, 0.1) is 12.8 Å². The molecule has 0 saturated carbocycles. The molecule has 0 bridgehead atoms. The SMILES string of the molecule is CCC(CC)C(O)c1ccoc1C. The van der Waals surface area contributed by atoms with Crippen molar-refractivity contribution < 1.29 is 9.52 Å². The van der Waals surface area contributed by atoms with Crippen molar-refractivity contribution in [1.82, 2.24) is 0 Å². The molecule has 0 aromatic carbocycles. The summed E-state index contributed by atoms with van der Waals surface area (Å²) in [5.74, 6) is 1.18. The van der Waals surface area contributed by atoms with E-state index in [1.807, 2.05) is 13.0 Å². The molecule has 13 heavy (non-hydrogen) atoms. The fraction of sp³-hybridized carbons (Fsp3) is 0.636. The number of aryl methyl sites for hydroxylation is 1. The molecule has 1 unspecified atom stereocenters. The summed E-state index contributed by atoms with van der Waals surface area (Å²) in [5, 5.41) is 9.99. The van der Waals surface area contributed by atoms with Crippen molar-refractivity contribution in [2.75, 3.05) is 0 Å². The van der Waals surface area contributed by atoms with E-state index in [1.165, 1.54) is 0 Å². The first kappa shape index (κ1) is 10.3. The lowest BCUT2D eigenvalue weighted by atomic mass is 9.92. The van der Waals surface area contributed by atoms with Gasteiger partial charge in [-0.3, -0.25) is 0 Å². The Balaban J connectivity index is 2.77. The van der Waals surface area contributed by atoms with Crippen LogP contribution in [-0.4, -0.2) is 5.11 Å². The molecule has 0 aliphatic heterocycles. The highest BCUT2D eigenvalue weighted by atomic mass is 16.3. The molecule has 1 heterocycles. The van der Waals surface area contributed by atoms with Crippen molar-refractivity contribution in [2.24, 2.45) is 5.92 Å². The molecule has 0 radical (unpaired) electrons. The van der Waals surface area contributed by atoms with Gasteiger partial charge < -0.3 is 9.52 Å². The largest absolute Gasteiger partial charge is 0.469 e. The number of aliphatic hydroxyl groups excluding tert-OH is 1. The van der Waals surface area contributed by atoms with Crippen molar-refractivity contribution in [3.05, 3.63) is 23.7 Å². The maximum atomic E-state index is 9.99. The van der Waals surface area contributed by atoms with Crippen LogP contribution in [0.25, 0.3) is 0 Å². The molecular formula is C11H18O2. The second-order valence-corrected chi connectivity index (χ2v) is 3.45. The quantitative estimate of drug-likeness (QED) is 0.776. The van der Waals surface area contributed by atoms with Crippen LogP contribution < -0.4 is 0 Å². The third-order valence-electron chi connectivity index (χ3n) is 2.71. The van der Waals surface area contributed by atoms with Crippen LogP contribution in [0.4, 0.5) is 0 Å². The number of hydrogen-bond acceptors (Lipinski definition) is 2. The molecule has 0 spiro atoms. The van der Waals surface area contributed by atoms with Gasteiger partial charge in [-0.2, -0.15) is 0 Å². The van der Waals surface area contributed by atoms with Crippen molar-refractivity contribution in [3.63, 3.8) is 0 Å². The molecule has 2 nitrogen and oxygen atoms in total. The van der Waals surface area contributed by atoms with Crippen LogP contribution in [0.3, 0.4) is 0 Å². The van der Waals surface area contributed by atoms with Crippen molar-refractivity contribution >= 4 is 0 Å². The molecule has 2 heteroatoms. The summed E-state index contributed by atoms with van der Waals surface area (Å²) >= 11 is 0. The van der Waals surface area contributed by atoms with Crippen LogP contribution in [0.2, 0.25) is 0 Å². The summed E-state index contributed by atoms with van der Waals surface area (Å²) in [6.45, 7) is 6.10. The first-order valence-electron chi connectivity index (χ1n) is 4.92. The van der Waals surface area contributed by atoms with Gasteiger partial charge in [-0.05, 0) is 18.9 Å². The Labute approximate surface area is 79.6 Å². The van der Waals surface area contributed by atoms with Gasteiger partial charge in [-0.1, -0.05) is 26.7 Å². The Morgan fingerprint density at radius 2 is 2.00 bits per heavy atom. The average Bonchev–Trinajstić information content (AvgIpc) is 2.53. The first-order valence-corrected chi connectivity index (χ1v) is 4.92. The molecule has 1 aromatic heterocycles. The molecule has 0 amide bonds. The van der Waals surface area contributed by atoms with Gasteiger partial charge in [0.1, 0.15) is 5.76 Å². The summed E-state index contributed by atoms with van der Waals surface area (Å²) in [6, 6.07) is 1.86. The topological polar surface area (TPSA) is 33.4 Å². The fourth-order valence-electron chi connectivity index (χ4n) is 1.69.